The van der Waals surface area contributed by atoms with Crippen molar-refractivity contribution in [1.82, 2.24) is 0 Å². The summed E-state index contributed by atoms with van der Waals surface area (Å²) in [6, 6.07) is 8.99. The van der Waals surface area contributed by atoms with Crippen LogP contribution in [0.15, 0.2) is 40.9 Å². The molecule has 0 bridgehead atoms. The third kappa shape index (κ3) is 3.49. The molecule has 20 heavy (non-hydrogen) atoms. The van der Waals surface area contributed by atoms with Crippen LogP contribution >= 0.6 is 27.5 Å². The van der Waals surface area contributed by atoms with Crippen LogP contribution in [0.4, 0.5) is 10.1 Å². The SMILES string of the molecule is O=C(O)c1ccc(F)c(NCc2ccc(Br)c(Cl)c2)c1. The molecule has 0 amide bonds. The zero-order chi connectivity index (χ0) is 14.7. The number of rotatable bonds is 4. The normalized spacial score (nSPS) is 10.3. The smallest absolute Gasteiger partial charge is 0.335 e. The second kappa shape index (κ2) is 6.24. The van der Waals surface area contributed by atoms with Gasteiger partial charge in [-0.05, 0) is 51.8 Å². The van der Waals surface area contributed by atoms with Gasteiger partial charge in [-0.2, -0.15) is 0 Å². The zero-order valence-corrected chi connectivity index (χ0v) is 12.5. The highest BCUT2D eigenvalue weighted by molar-refractivity contribution is 9.10. The minimum Gasteiger partial charge on any atom is -0.478 e. The highest BCUT2D eigenvalue weighted by atomic mass is 79.9. The highest BCUT2D eigenvalue weighted by Crippen LogP contribution is 2.24. The van der Waals surface area contributed by atoms with Gasteiger partial charge in [0.25, 0.3) is 0 Å². The van der Waals surface area contributed by atoms with E-state index in [4.69, 9.17) is 16.7 Å². The van der Waals surface area contributed by atoms with E-state index < -0.39 is 11.8 Å². The molecule has 2 rings (SSSR count). The average Bonchev–Trinajstić information content (AvgIpc) is 2.41. The maximum Gasteiger partial charge on any atom is 0.335 e. The minimum absolute atomic E-state index is 0.0303. The number of hydrogen-bond donors (Lipinski definition) is 2. The van der Waals surface area contributed by atoms with Gasteiger partial charge in [-0.15, -0.1) is 0 Å². The molecular formula is C14H10BrClFNO2. The van der Waals surface area contributed by atoms with E-state index in [-0.39, 0.29) is 11.3 Å². The topological polar surface area (TPSA) is 49.3 Å². The van der Waals surface area contributed by atoms with Crippen molar-refractivity contribution in [1.29, 1.82) is 0 Å². The number of halogens is 3. The molecule has 0 fully saturated rings. The van der Waals surface area contributed by atoms with Crippen molar-refractivity contribution in [3.63, 3.8) is 0 Å². The molecule has 0 aliphatic rings. The number of carbonyl (C=O) groups is 1. The van der Waals surface area contributed by atoms with Crippen LogP contribution in [0.2, 0.25) is 5.02 Å². The first-order valence-electron chi connectivity index (χ1n) is 5.68. The van der Waals surface area contributed by atoms with Crippen molar-refractivity contribution in [2.24, 2.45) is 0 Å². The van der Waals surface area contributed by atoms with E-state index in [9.17, 15) is 9.18 Å². The maximum atomic E-state index is 13.6. The van der Waals surface area contributed by atoms with E-state index in [1.54, 1.807) is 12.1 Å². The van der Waals surface area contributed by atoms with E-state index >= 15 is 0 Å². The van der Waals surface area contributed by atoms with Crippen LogP contribution in [-0.2, 0) is 6.54 Å². The summed E-state index contributed by atoms with van der Waals surface area (Å²) in [6.45, 7) is 0.340. The molecule has 2 aromatic carbocycles. The lowest BCUT2D eigenvalue weighted by Gasteiger charge is -2.09. The molecule has 0 radical (unpaired) electrons. The van der Waals surface area contributed by atoms with Gasteiger partial charge in [0.2, 0.25) is 0 Å². The first-order chi connectivity index (χ1) is 9.47. The predicted molar refractivity (Wildman–Crippen MR) is 79.8 cm³/mol. The molecule has 0 atom stereocenters. The van der Waals surface area contributed by atoms with Crippen LogP contribution in [0.5, 0.6) is 0 Å². The predicted octanol–water partition coefficient (Wildman–Crippen LogP) is 4.55. The van der Waals surface area contributed by atoms with Gasteiger partial charge >= 0.3 is 5.97 Å². The standard InChI is InChI=1S/C14H10BrClFNO2/c15-10-3-1-8(5-11(10)16)7-18-13-6-9(14(19)20)2-4-12(13)17/h1-6,18H,7H2,(H,19,20). The maximum absolute atomic E-state index is 13.6. The van der Waals surface area contributed by atoms with Gasteiger partial charge in [0, 0.05) is 11.0 Å². The summed E-state index contributed by atoms with van der Waals surface area (Å²) >= 11 is 9.25. The summed E-state index contributed by atoms with van der Waals surface area (Å²) in [5, 5.41) is 12.3. The van der Waals surface area contributed by atoms with E-state index in [2.05, 4.69) is 21.2 Å². The van der Waals surface area contributed by atoms with Crippen LogP contribution in [-0.4, -0.2) is 11.1 Å². The van der Waals surface area contributed by atoms with Crippen LogP contribution in [0, 0.1) is 5.82 Å². The second-order valence-corrected chi connectivity index (χ2v) is 5.36. The number of hydrogen-bond acceptors (Lipinski definition) is 2. The van der Waals surface area contributed by atoms with Gasteiger partial charge in [0.15, 0.2) is 0 Å². The molecule has 2 N–H and O–H groups in total. The largest absolute Gasteiger partial charge is 0.478 e. The molecule has 0 aromatic heterocycles. The Morgan fingerprint density at radius 1 is 1.30 bits per heavy atom. The number of carboxylic acids is 1. The van der Waals surface area contributed by atoms with E-state index in [1.807, 2.05) is 6.07 Å². The summed E-state index contributed by atoms with van der Waals surface area (Å²) in [5.41, 5.74) is 1.03. The molecule has 0 aliphatic carbocycles. The monoisotopic (exact) mass is 357 g/mol. The molecule has 0 saturated carbocycles. The third-order valence-corrected chi connectivity index (χ3v) is 3.91. The Kier molecular flexibility index (Phi) is 4.62. The summed E-state index contributed by atoms with van der Waals surface area (Å²) in [4.78, 5) is 10.8. The van der Waals surface area contributed by atoms with Gasteiger partial charge < -0.3 is 10.4 Å². The number of anilines is 1. The average molecular weight is 359 g/mol. The first-order valence-corrected chi connectivity index (χ1v) is 6.85. The molecule has 0 spiro atoms. The third-order valence-electron chi connectivity index (χ3n) is 2.68. The summed E-state index contributed by atoms with van der Waals surface area (Å²) in [6.07, 6.45) is 0. The molecule has 6 heteroatoms. The molecule has 0 heterocycles. The van der Waals surface area contributed by atoms with Crippen LogP contribution < -0.4 is 5.32 Å². The zero-order valence-electron chi connectivity index (χ0n) is 10.2. The molecular weight excluding hydrogens is 349 g/mol. The van der Waals surface area contributed by atoms with Crippen molar-refractivity contribution in [3.8, 4) is 0 Å². The molecule has 2 aromatic rings. The van der Waals surface area contributed by atoms with Crippen LogP contribution in [0.25, 0.3) is 0 Å². The van der Waals surface area contributed by atoms with Gasteiger partial charge in [0.05, 0.1) is 16.3 Å². The van der Waals surface area contributed by atoms with Crippen LogP contribution in [0.3, 0.4) is 0 Å². The Balaban J connectivity index is 2.15. The highest BCUT2D eigenvalue weighted by Gasteiger charge is 2.08. The summed E-state index contributed by atoms with van der Waals surface area (Å²) in [7, 11) is 0. The van der Waals surface area contributed by atoms with Gasteiger partial charge in [-0.3, -0.25) is 0 Å². The Morgan fingerprint density at radius 2 is 2.05 bits per heavy atom. The Morgan fingerprint density at radius 3 is 2.70 bits per heavy atom. The molecule has 0 unspecified atom stereocenters. The number of nitrogens with one attached hydrogen (secondary N) is 1. The van der Waals surface area contributed by atoms with Gasteiger partial charge in [0.1, 0.15) is 5.82 Å². The van der Waals surface area contributed by atoms with E-state index in [0.29, 0.717) is 11.6 Å². The lowest BCUT2D eigenvalue weighted by Crippen LogP contribution is -2.04. The Bertz CT molecular complexity index is 664. The molecule has 0 aliphatic heterocycles. The fourth-order valence-electron chi connectivity index (χ4n) is 1.64. The number of carboxylic acid groups (broad SMARTS) is 1. The van der Waals surface area contributed by atoms with Crippen LogP contribution in [0.1, 0.15) is 15.9 Å². The fraction of sp³-hybridized carbons (Fsp3) is 0.0714. The number of benzene rings is 2. The first kappa shape index (κ1) is 14.8. The van der Waals surface area contributed by atoms with Crippen molar-refractivity contribution in [3.05, 3.63) is 62.8 Å². The van der Waals surface area contributed by atoms with Crippen molar-refractivity contribution in [2.45, 2.75) is 6.54 Å². The quantitative estimate of drug-likeness (QED) is 0.843. The Labute approximate surface area is 128 Å². The second-order valence-electron chi connectivity index (χ2n) is 4.10. The van der Waals surface area contributed by atoms with Crippen molar-refractivity contribution in [2.75, 3.05) is 5.32 Å². The van der Waals surface area contributed by atoms with Crippen molar-refractivity contribution < 1.29 is 14.3 Å². The lowest BCUT2D eigenvalue weighted by atomic mass is 10.1. The van der Waals surface area contributed by atoms with Crippen molar-refractivity contribution >= 4 is 39.2 Å². The van der Waals surface area contributed by atoms with E-state index in [0.717, 1.165) is 16.1 Å². The summed E-state index contributed by atoms with van der Waals surface area (Å²) in [5.74, 6) is -1.60. The fourth-order valence-corrected chi connectivity index (χ4v) is 2.09. The van der Waals surface area contributed by atoms with E-state index in [1.165, 1.54) is 12.1 Å². The lowest BCUT2D eigenvalue weighted by molar-refractivity contribution is 0.0697. The molecule has 3 nitrogen and oxygen atoms in total. The minimum atomic E-state index is -1.10. The number of aromatic carboxylic acids is 1. The summed E-state index contributed by atoms with van der Waals surface area (Å²) < 4.78 is 14.4. The molecule has 104 valence electrons. The van der Waals surface area contributed by atoms with Gasteiger partial charge in [-0.25, -0.2) is 9.18 Å². The van der Waals surface area contributed by atoms with Gasteiger partial charge in [-0.1, -0.05) is 17.7 Å². The molecule has 0 saturated heterocycles. The Hall–Kier alpha value is -1.59.